The van der Waals surface area contributed by atoms with Gasteiger partial charge in [0, 0.05) is 45.9 Å². The molecule has 1 heterocycles. The van der Waals surface area contributed by atoms with Crippen molar-refractivity contribution in [2.45, 2.75) is 26.0 Å². The zero-order valence-corrected chi connectivity index (χ0v) is 20.5. The van der Waals surface area contributed by atoms with E-state index in [0.29, 0.717) is 25.6 Å². The fraction of sp³-hybridized carbons (Fsp3) is 0.667. The smallest absolute Gasteiger partial charge is 0.191 e. The van der Waals surface area contributed by atoms with Gasteiger partial charge in [-0.25, -0.2) is 4.99 Å². The number of halogens is 1. The number of methoxy groups -OCH3 is 1. The van der Waals surface area contributed by atoms with Crippen molar-refractivity contribution in [3.05, 3.63) is 29.8 Å². The predicted octanol–water partition coefficient (Wildman–Crippen LogP) is 1.47. The van der Waals surface area contributed by atoms with Crippen LogP contribution in [0.15, 0.2) is 29.3 Å². The summed E-state index contributed by atoms with van der Waals surface area (Å²) in [6, 6.07) is 7.86. The number of nitrogens with one attached hydrogen (secondary N) is 2. The molecule has 0 saturated carbocycles. The highest BCUT2D eigenvalue weighted by Crippen LogP contribution is 2.11. The first kappa shape index (κ1) is 26.9. The molecule has 0 bridgehead atoms. The van der Waals surface area contributed by atoms with E-state index in [1.807, 2.05) is 31.2 Å². The Morgan fingerprint density at radius 2 is 1.97 bits per heavy atom. The maximum absolute atomic E-state index is 10.4. The van der Waals surface area contributed by atoms with Gasteiger partial charge in [0.15, 0.2) is 5.96 Å². The molecule has 1 aliphatic rings. The van der Waals surface area contributed by atoms with Crippen molar-refractivity contribution < 1.29 is 19.3 Å². The van der Waals surface area contributed by atoms with Crippen molar-refractivity contribution in [1.82, 2.24) is 15.5 Å². The van der Waals surface area contributed by atoms with Gasteiger partial charge in [-0.1, -0.05) is 12.1 Å². The van der Waals surface area contributed by atoms with E-state index in [1.165, 1.54) is 0 Å². The number of rotatable bonds is 12. The second-order valence-electron chi connectivity index (χ2n) is 6.94. The molecule has 9 heteroatoms. The van der Waals surface area contributed by atoms with E-state index in [2.05, 4.69) is 20.5 Å². The molecule has 30 heavy (non-hydrogen) atoms. The molecule has 0 aromatic heterocycles. The summed E-state index contributed by atoms with van der Waals surface area (Å²) in [5.41, 5.74) is 1.09. The van der Waals surface area contributed by atoms with E-state index in [9.17, 15) is 5.11 Å². The third-order valence-electron chi connectivity index (χ3n) is 4.62. The van der Waals surface area contributed by atoms with Crippen LogP contribution in [-0.4, -0.2) is 88.3 Å². The molecule has 1 aromatic carbocycles. The van der Waals surface area contributed by atoms with Crippen LogP contribution in [0, 0.1) is 0 Å². The molecule has 1 aromatic rings. The van der Waals surface area contributed by atoms with Gasteiger partial charge >= 0.3 is 0 Å². The van der Waals surface area contributed by atoms with Crippen LogP contribution < -0.4 is 15.4 Å². The first-order valence-electron chi connectivity index (χ1n) is 10.4. The van der Waals surface area contributed by atoms with E-state index in [1.54, 1.807) is 7.11 Å². The zero-order valence-electron chi connectivity index (χ0n) is 18.1. The standard InChI is InChI=1S/C21H36N4O4.HI/c1-3-28-12-4-9-22-21(23-15-18-5-7-20(27-2)8-6-18)24-16-19(26)17-25-10-13-29-14-11-25;/h5-8,19,26H,3-4,9-17H2,1-2H3,(H2,22,23,24);1H. The predicted molar refractivity (Wildman–Crippen MR) is 130 cm³/mol. The van der Waals surface area contributed by atoms with Crippen LogP contribution >= 0.6 is 24.0 Å². The lowest BCUT2D eigenvalue weighted by Crippen LogP contribution is -2.47. The van der Waals surface area contributed by atoms with Gasteiger partial charge in [0.05, 0.1) is 33.0 Å². The monoisotopic (exact) mass is 536 g/mol. The number of guanidine groups is 1. The van der Waals surface area contributed by atoms with Crippen LogP contribution in [0.4, 0.5) is 0 Å². The van der Waals surface area contributed by atoms with E-state index in [4.69, 9.17) is 14.2 Å². The number of aliphatic hydroxyl groups is 1. The van der Waals surface area contributed by atoms with E-state index >= 15 is 0 Å². The highest BCUT2D eigenvalue weighted by Gasteiger charge is 2.15. The fourth-order valence-electron chi connectivity index (χ4n) is 2.96. The Labute approximate surface area is 197 Å². The molecule has 0 spiro atoms. The van der Waals surface area contributed by atoms with Gasteiger partial charge in [-0.3, -0.25) is 4.90 Å². The van der Waals surface area contributed by atoms with Gasteiger partial charge in [-0.05, 0) is 31.0 Å². The molecule has 8 nitrogen and oxygen atoms in total. The maximum Gasteiger partial charge on any atom is 0.191 e. The number of aliphatic imine (C=N–C) groups is 1. The van der Waals surface area contributed by atoms with Gasteiger partial charge < -0.3 is 30.0 Å². The zero-order chi connectivity index (χ0) is 20.7. The summed E-state index contributed by atoms with van der Waals surface area (Å²) in [4.78, 5) is 6.88. The summed E-state index contributed by atoms with van der Waals surface area (Å²) in [7, 11) is 1.66. The summed E-state index contributed by atoms with van der Waals surface area (Å²) in [6.07, 6.45) is 0.428. The van der Waals surface area contributed by atoms with Crippen molar-refractivity contribution in [2.24, 2.45) is 4.99 Å². The Bertz CT molecular complexity index is 583. The number of morpholine rings is 1. The summed E-state index contributed by atoms with van der Waals surface area (Å²) >= 11 is 0. The summed E-state index contributed by atoms with van der Waals surface area (Å²) in [5, 5.41) is 17.0. The van der Waals surface area contributed by atoms with E-state index < -0.39 is 6.10 Å². The third-order valence-corrected chi connectivity index (χ3v) is 4.62. The fourth-order valence-corrected chi connectivity index (χ4v) is 2.96. The summed E-state index contributed by atoms with van der Waals surface area (Å²) in [6.45, 7) is 9.01. The number of hydrogen-bond donors (Lipinski definition) is 3. The minimum absolute atomic E-state index is 0. The van der Waals surface area contributed by atoms with Crippen molar-refractivity contribution >= 4 is 29.9 Å². The Kier molecular flexibility index (Phi) is 14.8. The van der Waals surface area contributed by atoms with Gasteiger partial charge in [-0.15, -0.1) is 24.0 Å². The second kappa shape index (κ2) is 16.5. The van der Waals surface area contributed by atoms with Crippen molar-refractivity contribution in [1.29, 1.82) is 0 Å². The number of nitrogens with zero attached hydrogens (tertiary/aromatic N) is 2. The van der Waals surface area contributed by atoms with Gasteiger partial charge in [0.1, 0.15) is 5.75 Å². The first-order chi connectivity index (χ1) is 14.2. The van der Waals surface area contributed by atoms with Crippen LogP contribution in [0.1, 0.15) is 18.9 Å². The van der Waals surface area contributed by atoms with Crippen LogP contribution in [0.5, 0.6) is 5.75 Å². The van der Waals surface area contributed by atoms with Crippen LogP contribution in [0.2, 0.25) is 0 Å². The van der Waals surface area contributed by atoms with Gasteiger partial charge in [0.25, 0.3) is 0 Å². The minimum atomic E-state index is -0.468. The van der Waals surface area contributed by atoms with Gasteiger partial charge in [-0.2, -0.15) is 0 Å². The lowest BCUT2D eigenvalue weighted by Gasteiger charge is -2.28. The first-order valence-corrected chi connectivity index (χ1v) is 10.4. The highest BCUT2D eigenvalue weighted by atomic mass is 127. The number of aliphatic hydroxyl groups excluding tert-OH is 1. The molecule has 172 valence electrons. The lowest BCUT2D eigenvalue weighted by molar-refractivity contribution is 0.0156. The molecule has 1 saturated heterocycles. The van der Waals surface area contributed by atoms with Crippen LogP contribution in [-0.2, 0) is 16.0 Å². The number of hydrogen-bond acceptors (Lipinski definition) is 6. The van der Waals surface area contributed by atoms with E-state index in [0.717, 1.165) is 63.8 Å². The quantitative estimate of drug-likeness (QED) is 0.162. The van der Waals surface area contributed by atoms with Crippen molar-refractivity contribution in [2.75, 3.05) is 66.3 Å². The largest absolute Gasteiger partial charge is 0.497 e. The molecule has 0 aliphatic carbocycles. The minimum Gasteiger partial charge on any atom is -0.497 e. The molecule has 1 aliphatic heterocycles. The second-order valence-corrected chi connectivity index (χ2v) is 6.94. The average molecular weight is 536 g/mol. The topological polar surface area (TPSA) is 87.6 Å². The summed E-state index contributed by atoms with van der Waals surface area (Å²) < 4.78 is 15.9. The molecular weight excluding hydrogens is 499 g/mol. The number of ether oxygens (including phenoxy) is 3. The third kappa shape index (κ3) is 11.3. The molecule has 0 radical (unpaired) electrons. The number of benzene rings is 1. The molecule has 3 N–H and O–H groups in total. The lowest BCUT2D eigenvalue weighted by atomic mass is 10.2. The Balaban J connectivity index is 0.00000450. The SMILES string of the molecule is CCOCCCNC(=NCc1ccc(OC)cc1)NCC(O)CN1CCOCC1.I. The molecule has 1 fully saturated rings. The van der Waals surface area contributed by atoms with Crippen LogP contribution in [0.25, 0.3) is 0 Å². The summed E-state index contributed by atoms with van der Waals surface area (Å²) in [5.74, 6) is 1.52. The maximum atomic E-state index is 10.4. The molecule has 0 amide bonds. The highest BCUT2D eigenvalue weighted by molar-refractivity contribution is 14.0. The normalized spacial score (nSPS) is 15.9. The Morgan fingerprint density at radius 1 is 1.23 bits per heavy atom. The van der Waals surface area contributed by atoms with Gasteiger partial charge in [0.2, 0.25) is 0 Å². The van der Waals surface area contributed by atoms with Crippen molar-refractivity contribution in [3.63, 3.8) is 0 Å². The Morgan fingerprint density at radius 3 is 2.63 bits per heavy atom. The van der Waals surface area contributed by atoms with Crippen LogP contribution in [0.3, 0.4) is 0 Å². The molecule has 2 rings (SSSR count). The number of β-amino-alcohol motifs (C(OH)–C–C–N with tert-alkyl or cyclic N) is 1. The molecule has 1 unspecified atom stereocenters. The molecular formula is C21H37IN4O4. The average Bonchev–Trinajstić information content (AvgIpc) is 2.76. The van der Waals surface area contributed by atoms with Crippen molar-refractivity contribution in [3.8, 4) is 5.75 Å². The Hall–Kier alpha value is -1.14. The van der Waals surface area contributed by atoms with E-state index in [-0.39, 0.29) is 24.0 Å². The molecule has 1 atom stereocenters.